The van der Waals surface area contributed by atoms with Gasteiger partial charge < -0.3 is 10.4 Å². The van der Waals surface area contributed by atoms with Gasteiger partial charge in [-0.2, -0.15) is 0 Å². The van der Waals surface area contributed by atoms with Crippen LogP contribution in [0, 0.1) is 10.1 Å². The topological polar surface area (TPSA) is 92.5 Å². The van der Waals surface area contributed by atoms with Crippen LogP contribution in [-0.4, -0.2) is 22.5 Å². The van der Waals surface area contributed by atoms with Crippen LogP contribution in [0.1, 0.15) is 17.2 Å². The Labute approximate surface area is 127 Å². The number of benzene rings is 2. The third-order valence-corrected chi connectivity index (χ3v) is 3.16. The van der Waals surface area contributed by atoms with Gasteiger partial charge in [0.2, 0.25) is 5.91 Å². The molecule has 2 aromatic rings. The fourth-order valence-electron chi connectivity index (χ4n) is 2.03. The Balaban J connectivity index is 1.88. The molecular formula is C16H16N2O4. The lowest BCUT2D eigenvalue weighted by Crippen LogP contribution is -2.29. The fraction of sp³-hybridized carbons (Fsp3) is 0.188. The van der Waals surface area contributed by atoms with Gasteiger partial charge >= 0.3 is 0 Å². The molecule has 0 aliphatic heterocycles. The van der Waals surface area contributed by atoms with E-state index >= 15 is 0 Å². The van der Waals surface area contributed by atoms with Crippen molar-refractivity contribution in [2.24, 2.45) is 0 Å². The lowest BCUT2D eigenvalue weighted by Gasteiger charge is -2.12. The Morgan fingerprint density at radius 2 is 1.91 bits per heavy atom. The van der Waals surface area contributed by atoms with Gasteiger partial charge in [0.1, 0.15) is 0 Å². The first kappa shape index (κ1) is 15.7. The third kappa shape index (κ3) is 4.39. The van der Waals surface area contributed by atoms with Gasteiger partial charge in [0.15, 0.2) is 0 Å². The number of hydrogen-bond acceptors (Lipinski definition) is 4. The Bertz CT molecular complexity index is 658. The Morgan fingerprint density at radius 3 is 2.59 bits per heavy atom. The minimum Gasteiger partial charge on any atom is -0.387 e. The Morgan fingerprint density at radius 1 is 1.18 bits per heavy atom. The van der Waals surface area contributed by atoms with E-state index in [2.05, 4.69) is 5.32 Å². The van der Waals surface area contributed by atoms with E-state index in [4.69, 9.17) is 0 Å². The molecule has 1 amide bonds. The lowest BCUT2D eigenvalue weighted by molar-refractivity contribution is -0.384. The number of carbonyl (C=O) groups is 1. The molecule has 6 heteroatoms. The summed E-state index contributed by atoms with van der Waals surface area (Å²) in [7, 11) is 0. The zero-order valence-corrected chi connectivity index (χ0v) is 11.8. The van der Waals surface area contributed by atoms with E-state index < -0.39 is 11.0 Å². The summed E-state index contributed by atoms with van der Waals surface area (Å²) in [5.74, 6) is -0.296. The van der Waals surface area contributed by atoms with Crippen molar-refractivity contribution in [3.8, 4) is 0 Å². The minimum absolute atomic E-state index is 0.0309. The van der Waals surface area contributed by atoms with Crippen molar-refractivity contribution in [1.29, 1.82) is 0 Å². The maximum absolute atomic E-state index is 11.8. The van der Waals surface area contributed by atoms with Crippen LogP contribution in [0.25, 0.3) is 0 Å². The van der Waals surface area contributed by atoms with E-state index in [9.17, 15) is 20.0 Å². The highest BCUT2D eigenvalue weighted by Crippen LogP contribution is 2.14. The molecule has 114 valence electrons. The molecule has 0 spiro atoms. The summed E-state index contributed by atoms with van der Waals surface area (Å²) in [4.78, 5) is 22.0. The first-order chi connectivity index (χ1) is 10.6. The second-order valence-corrected chi connectivity index (χ2v) is 4.83. The summed E-state index contributed by atoms with van der Waals surface area (Å²) < 4.78 is 0. The van der Waals surface area contributed by atoms with E-state index in [0.29, 0.717) is 5.56 Å². The molecule has 22 heavy (non-hydrogen) atoms. The summed E-state index contributed by atoms with van der Waals surface area (Å²) in [6, 6.07) is 15.0. The number of amides is 1. The van der Waals surface area contributed by atoms with Gasteiger partial charge in [-0.15, -0.1) is 0 Å². The van der Waals surface area contributed by atoms with Crippen molar-refractivity contribution < 1.29 is 14.8 Å². The summed E-state index contributed by atoms with van der Waals surface area (Å²) >= 11 is 0. The van der Waals surface area contributed by atoms with Crippen LogP contribution in [0.2, 0.25) is 0 Å². The molecule has 1 atom stereocenters. The molecule has 0 heterocycles. The molecule has 6 nitrogen and oxygen atoms in total. The third-order valence-electron chi connectivity index (χ3n) is 3.16. The highest BCUT2D eigenvalue weighted by molar-refractivity contribution is 5.78. The summed E-state index contributed by atoms with van der Waals surface area (Å²) in [6.45, 7) is 0.0950. The van der Waals surface area contributed by atoms with Crippen molar-refractivity contribution in [3.63, 3.8) is 0 Å². The normalized spacial score (nSPS) is 11.7. The number of non-ortho nitro benzene ring substituents is 1. The highest BCUT2D eigenvalue weighted by atomic mass is 16.6. The van der Waals surface area contributed by atoms with Gasteiger partial charge in [-0.3, -0.25) is 14.9 Å². The summed E-state index contributed by atoms with van der Waals surface area (Å²) in [5, 5.41) is 23.3. The van der Waals surface area contributed by atoms with E-state index in [1.165, 1.54) is 12.1 Å². The number of hydrogen-bond donors (Lipinski definition) is 2. The van der Waals surface area contributed by atoms with E-state index in [1.807, 2.05) is 18.2 Å². The van der Waals surface area contributed by atoms with Crippen LogP contribution in [0.4, 0.5) is 5.69 Å². The molecule has 2 aromatic carbocycles. The van der Waals surface area contributed by atoms with Gasteiger partial charge in [-0.05, 0) is 11.1 Å². The smallest absolute Gasteiger partial charge is 0.269 e. The Hall–Kier alpha value is -2.73. The number of aliphatic hydroxyl groups excluding tert-OH is 1. The largest absolute Gasteiger partial charge is 0.387 e. The van der Waals surface area contributed by atoms with Gasteiger partial charge in [-0.1, -0.05) is 42.5 Å². The monoisotopic (exact) mass is 300 g/mol. The SMILES string of the molecule is O=C(Cc1cccc([N+](=O)[O-])c1)NC[C@H](O)c1ccccc1. The van der Waals surface area contributed by atoms with Crippen molar-refractivity contribution in [1.82, 2.24) is 5.32 Å². The molecule has 0 fully saturated rings. The molecule has 2 N–H and O–H groups in total. The number of nitro benzene ring substituents is 1. The molecule has 0 saturated carbocycles. The lowest BCUT2D eigenvalue weighted by atomic mass is 10.1. The molecule has 2 rings (SSSR count). The van der Waals surface area contributed by atoms with Crippen LogP contribution in [0.15, 0.2) is 54.6 Å². The first-order valence-electron chi connectivity index (χ1n) is 6.79. The van der Waals surface area contributed by atoms with E-state index in [-0.39, 0.29) is 24.6 Å². The molecule has 0 aliphatic carbocycles. The molecular weight excluding hydrogens is 284 g/mol. The van der Waals surface area contributed by atoms with Gasteiger partial charge in [0.25, 0.3) is 5.69 Å². The number of nitrogens with zero attached hydrogens (tertiary/aromatic N) is 1. The first-order valence-corrected chi connectivity index (χ1v) is 6.79. The predicted molar refractivity (Wildman–Crippen MR) is 81.2 cm³/mol. The van der Waals surface area contributed by atoms with E-state index in [0.717, 1.165) is 5.56 Å². The number of rotatable bonds is 6. The van der Waals surface area contributed by atoms with Gasteiger partial charge in [0.05, 0.1) is 17.4 Å². The predicted octanol–water partition coefficient (Wildman–Crippen LogP) is 1.99. The van der Waals surface area contributed by atoms with E-state index in [1.54, 1.807) is 24.3 Å². The zero-order chi connectivity index (χ0) is 15.9. The zero-order valence-electron chi connectivity index (χ0n) is 11.8. The van der Waals surface area contributed by atoms with Gasteiger partial charge in [-0.25, -0.2) is 0 Å². The van der Waals surface area contributed by atoms with Crippen molar-refractivity contribution in [2.75, 3.05) is 6.54 Å². The van der Waals surface area contributed by atoms with Crippen LogP contribution in [0.5, 0.6) is 0 Å². The van der Waals surface area contributed by atoms with Gasteiger partial charge in [0, 0.05) is 18.7 Å². The van der Waals surface area contributed by atoms with Crippen molar-refractivity contribution >= 4 is 11.6 Å². The van der Waals surface area contributed by atoms with Crippen LogP contribution in [-0.2, 0) is 11.2 Å². The van der Waals surface area contributed by atoms with Crippen LogP contribution in [0.3, 0.4) is 0 Å². The molecule has 0 aliphatic rings. The molecule has 0 bridgehead atoms. The molecule has 0 saturated heterocycles. The summed E-state index contributed by atoms with van der Waals surface area (Å²) in [6.07, 6.45) is -0.751. The standard InChI is InChI=1S/C16H16N2O4/c19-15(13-6-2-1-3-7-13)11-17-16(20)10-12-5-4-8-14(9-12)18(21)22/h1-9,15,19H,10-11H2,(H,17,20)/t15-/m0/s1. The maximum Gasteiger partial charge on any atom is 0.269 e. The number of nitrogens with one attached hydrogen (secondary N) is 1. The maximum atomic E-state index is 11.8. The second-order valence-electron chi connectivity index (χ2n) is 4.83. The highest BCUT2D eigenvalue weighted by Gasteiger charge is 2.11. The average Bonchev–Trinajstić information content (AvgIpc) is 2.53. The number of carbonyl (C=O) groups excluding carboxylic acids is 1. The van der Waals surface area contributed by atoms with Crippen LogP contribution < -0.4 is 5.32 Å². The van der Waals surface area contributed by atoms with Crippen molar-refractivity contribution in [3.05, 3.63) is 75.8 Å². The van der Waals surface area contributed by atoms with Crippen LogP contribution >= 0.6 is 0 Å². The number of aliphatic hydroxyl groups is 1. The number of nitro groups is 1. The Kier molecular flexibility index (Phi) is 5.21. The average molecular weight is 300 g/mol. The minimum atomic E-state index is -0.782. The fourth-order valence-corrected chi connectivity index (χ4v) is 2.03. The molecule has 0 radical (unpaired) electrons. The molecule has 0 unspecified atom stereocenters. The second kappa shape index (κ2) is 7.33. The quantitative estimate of drug-likeness (QED) is 0.630. The summed E-state index contributed by atoms with van der Waals surface area (Å²) in [5.41, 5.74) is 1.23. The van der Waals surface area contributed by atoms with Crippen molar-refractivity contribution in [2.45, 2.75) is 12.5 Å². The molecule has 0 aromatic heterocycles.